The minimum atomic E-state index is -1.07. The fourth-order valence-electron chi connectivity index (χ4n) is 1.63. The number of anilines is 1. The molecule has 0 aliphatic carbocycles. The number of nitrogens with one attached hydrogen (secondary N) is 2. The largest absolute Gasteiger partial charge is 0.480 e. The number of carbonyl (C=O) groups excluding carboxylic acids is 2. The third kappa shape index (κ3) is 5.86. The van der Waals surface area contributed by atoms with Crippen LogP contribution >= 0.6 is 11.8 Å². The Morgan fingerprint density at radius 1 is 1.33 bits per heavy atom. The molecule has 0 aliphatic heterocycles. The first-order chi connectivity index (χ1) is 9.93. The molecule has 0 saturated heterocycles. The molecule has 21 heavy (non-hydrogen) atoms. The lowest BCUT2D eigenvalue weighted by atomic mass is 10.1. The third-order valence-corrected chi connectivity index (χ3v) is 3.38. The number of carboxylic acid groups (broad SMARTS) is 1. The summed E-state index contributed by atoms with van der Waals surface area (Å²) >= 11 is 1.51. The standard InChI is InChI=1S/C14H18N2O4S/c1-9(17)10-4-3-5-11(8-10)15-14(20)16-12(13(18)19)6-7-21-2/h3-5,8,12H,6-7H2,1-2H3,(H,18,19)(H2,15,16,20). The molecule has 1 aromatic rings. The molecule has 114 valence electrons. The van der Waals surface area contributed by atoms with Crippen LogP contribution in [0, 0.1) is 0 Å². The molecule has 0 aromatic heterocycles. The first kappa shape index (κ1) is 17.0. The summed E-state index contributed by atoms with van der Waals surface area (Å²) in [5.74, 6) is -0.545. The van der Waals surface area contributed by atoms with E-state index in [9.17, 15) is 14.4 Å². The van der Waals surface area contributed by atoms with Crippen LogP contribution in [0.2, 0.25) is 0 Å². The average Bonchev–Trinajstić information content (AvgIpc) is 2.43. The van der Waals surface area contributed by atoms with Crippen LogP contribution in [0.25, 0.3) is 0 Å². The number of rotatable bonds is 7. The number of urea groups is 1. The van der Waals surface area contributed by atoms with Crippen molar-refractivity contribution in [1.82, 2.24) is 5.32 Å². The van der Waals surface area contributed by atoms with E-state index in [-0.39, 0.29) is 5.78 Å². The summed E-state index contributed by atoms with van der Waals surface area (Å²) < 4.78 is 0. The van der Waals surface area contributed by atoms with E-state index in [0.29, 0.717) is 23.4 Å². The predicted octanol–water partition coefficient (Wildman–Crippen LogP) is 2.22. The molecule has 2 amide bonds. The van der Waals surface area contributed by atoms with Crippen molar-refractivity contribution >= 4 is 35.2 Å². The highest BCUT2D eigenvalue weighted by molar-refractivity contribution is 7.98. The molecule has 1 rings (SSSR count). The normalized spacial score (nSPS) is 11.5. The van der Waals surface area contributed by atoms with Gasteiger partial charge in [0, 0.05) is 11.3 Å². The van der Waals surface area contributed by atoms with E-state index in [0.717, 1.165) is 0 Å². The number of hydrogen-bond acceptors (Lipinski definition) is 4. The van der Waals surface area contributed by atoms with Crippen molar-refractivity contribution in [3.05, 3.63) is 29.8 Å². The van der Waals surface area contributed by atoms with Crippen molar-refractivity contribution in [3.8, 4) is 0 Å². The number of aliphatic carboxylic acids is 1. The van der Waals surface area contributed by atoms with Crippen LogP contribution in [0.5, 0.6) is 0 Å². The van der Waals surface area contributed by atoms with Gasteiger partial charge >= 0.3 is 12.0 Å². The zero-order valence-corrected chi connectivity index (χ0v) is 12.7. The first-order valence-electron chi connectivity index (χ1n) is 6.34. The van der Waals surface area contributed by atoms with Gasteiger partial charge in [-0.05, 0) is 37.5 Å². The van der Waals surface area contributed by atoms with Crippen LogP contribution in [0.15, 0.2) is 24.3 Å². The molecule has 7 heteroatoms. The number of Topliss-reactive ketones (excluding diaryl/α,β-unsaturated/α-hetero) is 1. The van der Waals surface area contributed by atoms with Crippen LogP contribution in [-0.2, 0) is 4.79 Å². The molecule has 1 unspecified atom stereocenters. The van der Waals surface area contributed by atoms with Crippen molar-refractivity contribution < 1.29 is 19.5 Å². The van der Waals surface area contributed by atoms with E-state index in [1.54, 1.807) is 24.3 Å². The molecule has 1 atom stereocenters. The maximum atomic E-state index is 11.8. The quantitative estimate of drug-likeness (QED) is 0.671. The van der Waals surface area contributed by atoms with Crippen molar-refractivity contribution in [2.45, 2.75) is 19.4 Å². The zero-order chi connectivity index (χ0) is 15.8. The van der Waals surface area contributed by atoms with Gasteiger partial charge in [-0.2, -0.15) is 11.8 Å². The summed E-state index contributed by atoms with van der Waals surface area (Å²) in [6, 6.07) is 4.92. The smallest absolute Gasteiger partial charge is 0.326 e. The van der Waals surface area contributed by atoms with Gasteiger partial charge in [0.2, 0.25) is 0 Å². The van der Waals surface area contributed by atoms with Gasteiger partial charge in [0.05, 0.1) is 0 Å². The molecule has 0 heterocycles. The number of carbonyl (C=O) groups is 3. The lowest BCUT2D eigenvalue weighted by Gasteiger charge is -2.14. The number of carboxylic acids is 1. The third-order valence-electron chi connectivity index (χ3n) is 2.74. The Kier molecular flexibility index (Phi) is 6.74. The average molecular weight is 310 g/mol. The number of amides is 2. The predicted molar refractivity (Wildman–Crippen MR) is 83.0 cm³/mol. The van der Waals surface area contributed by atoms with Gasteiger partial charge in [0.1, 0.15) is 6.04 Å². The fourth-order valence-corrected chi connectivity index (χ4v) is 2.11. The summed E-state index contributed by atoms with van der Waals surface area (Å²) in [5, 5.41) is 14.0. The van der Waals surface area contributed by atoms with Crippen LogP contribution in [0.4, 0.5) is 10.5 Å². The second kappa shape index (κ2) is 8.31. The van der Waals surface area contributed by atoms with Crippen LogP contribution in [0.1, 0.15) is 23.7 Å². The van der Waals surface area contributed by atoms with E-state index < -0.39 is 18.0 Å². The molecule has 0 radical (unpaired) electrons. The second-order valence-corrected chi connectivity index (χ2v) is 5.39. The Balaban J connectivity index is 2.65. The lowest BCUT2D eigenvalue weighted by molar-refractivity contribution is -0.139. The molecule has 0 fully saturated rings. The van der Waals surface area contributed by atoms with Gasteiger partial charge in [-0.15, -0.1) is 0 Å². The van der Waals surface area contributed by atoms with Crippen molar-refractivity contribution in [2.75, 3.05) is 17.3 Å². The van der Waals surface area contributed by atoms with Crippen molar-refractivity contribution in [1.29, 1.82) is 0 Å². The van der Waals surface area contributed by atoms with Gasteiger partial charge in [-0.25, -0.2) is 9.59 Å². The van der Waals surface area contributed by atoms with Gasteiger partial charge in [0.15, 0.2) is 5.78 Å². The Morgan fingerprint density at radius 3 is 2.62 bits per heavy atom. The number of thioether (sulfide) groups is 1. The SMILES string of the molecule is CSCCC(NC(=O)Nc1cccc(C(C)=O)c1)C(=O)O. The summed E-state index contributed by atoms with van der Waals surface area (Å²) in [6.07, 6.45) is 2.21. The number of ketones is 1. The van der Waals surface area contributed by atoms with Gasteiger partial charge in [-0.1, -0.05) is 12.1 Å². The van der Waals surface area contributed by atoms with E-state index in [1.807, 2.05) is 6.26 Å². The van der Waals surface area contributed by atoms with Gasteiger partial charge < -0.3 is 15.7 Å². The van der Waals surface area contributed by atoms with Crippen LogP contribution in [-0.4, -0.2) is 40.9 Å². The zero-order valence-electron chi connectivity index (χ0n) is 11.9. The molecular weight excluding hydrogens is 292 g/mol. The van der Waals surface area contributed by atoms with E-state index in [1.165, 1.54) is 18.7 Å². The first-order valence-corrected chi connectivity index (χ1v) is 7.73. The Hall–Kier alpha value is -2.02. The summed E-state index contributed by atoms with van der Waals surface area (Å²) in [5.41, 5.74) is 0.916. The molecular formula is C14H18N2O4S. The van der Waals surface area contributed by atoms with E-state index >= 15 is 0 Å². The number of hydrogen-bond donors (Lipinski definition) is 3. The molecule has 1 aromatic carbocycles. The topological polar surface area (TPSA) is 95.5 Å². The molecule has 0 bridgehead atoms. The molecule has 0 saturated carbocycles. The molecule has 0 aliphatic rings. The highest BCUT2D eigenvalue weighted by Gasteiger charge is 2.19. The monoisotopic (exact) mass is 310 g/mol. The van der Waals surface area contributed by atoms with Crippen LogP contribution < -0.4 is 10.6 Å². The van der Waals surface area contributed by atoms with Crippen LogP contribution in [0.3, 0.4) is 0 Å². The van der Waals surface area contributed by atoms with Gasteiger partial charge in [-0.3, -0.25) is 4.79 Å². The highest BCUT2D eigenvalue weighted by Crippen LogP contribution is 2.11. The maximum Gasteiger partial charge on any atom is 0.326 e. The Bertz CT molecular complexity index is 533. The minimum Gasteiger partial charge on any atom is -0.480 e. The highest BCUT2D eigenvalue weighted by atomic mass is 32.2. The van der Waals surface area contributed by atoms with Crippen molar-refractivity contribution in [3.63, 3.8) is 0 Å². The Labute approximate surface area is 127 Å². The van der Waals surface area contributed by atoms with E-state index in [2.05, 4.69) is 10.6 Å². The maximum absolute atomic E-state index is 11.8. The summed E-state index contributed by atoms with van der Waals surface area (Å²) in [6.45, 7) is 1.43. The Morgan fingerprint density at radius 2 is 2.05 bits per heavy atom. The minimum absolute atomic E-state index is 0.109. The van der Waals surface area contributed by atoms with Gasteiger partial charge in [0.25, 0.3) is 0 Å². The number of benzene rings is 1. The van der Waals surface area contributed by atoms with Crippen molar-refractivity contribution in [2.24, 2.45) is 0 Å². The van der Waals surface area contributed by atoms with E-state index in [4.69, 9.17) is 5.11 Å². The second-order valence-electron chi connectivity index (χ2n) is 4.41. The summed E-state index contributed by atoms with van der Waals surface area (Å²) in [4.78, 5) is 34.1. The summed E-state index contributed by atoms with van der Waals surface area (Å²) in [7, 11) is 0. The molecule has 0 spiro atoms. The molecule has 3 N–H and O–H groups in total. The fraction of sp³-hybridized carbons (Fsp3) is 0.357. The molecule has 6 nitrogen and oxygen atoms in total. The lowest BCUT2D eigenvalue weighted by Crippen LogP contribution is -2.43.